The molecule has 5 nitrogen and oxygen atoms in total. The van der Waals surface area contributed by atoms with Gasteiger partial charge in [-0.3, -0.25) is 4.79 Å². The Morgan fingerprint density at radius 3 is 2.94 bits per heavy atom. The Labute approximate surface area is 106 Å². The molecule has 0 saturated carbocycles. The Hall–Kier alpha value is -1.82. The smallest absolute Gasteiger partial charge is 0.261 e. The van der Waals surface area contributed by atoms with E-state index < -0.39 is 0 Å². The number of pyridine rings is 1. The number of anilines is 2. The van der Waals surface area contributed by atoms with Gasteiger partial charge in [-0.15, -0.1) is 0 Å². The first-order valence-electron chi connectivity index (χ1n) is 4.84. The van der Waals surface area contributed by atoms with E-state index in [1.807, 2.05) is 6.92 Å². The Morgan fingerprint density at radius 2 is 2.35 bits per heavy atom. The van der Waals surface area contributed by atoms with E-state index in [2.05, 4.69) is 26.2 Å². The maximum absolute atomic E-state index is 11.8. The van der Waals surface area contributed by atoms with Crippen molar-refractivity contribution in [3.8, 4) is 0 Å². The van der Waals surface area contributed by atoms with Gasteiger partial charge in [-0.2, -0.15) is 0 Å². The van der Waals surface area contributed by atoms with Gasteiger partial charge in [0.15, 0.2) is 4.67 Å². The lowest BCUT2D eigenvalue weighted by atomic mass is 10.2. The highest BCUT2D eigenvalue weighted by atomic mass is 79.9. The zero-order chi connectivity index (χ0) is 12.4. The van der Waals surface area contributed by atoms with Crippen molar-refractivity contribution in [2.24, 2.45) is 0 Å². The minimum Gasteiger partial charge on any atom is -0.457 e. The number of carbonyl (C=O) groups excluding carboxylic acids is 1. The number of rotatable bonds is 2. The standard InChI is InChI=1S/C11H10BrN3O2/c1-6-4-9(14-5-8(6)13)15-11(16)7-2-3-17-10(7)12/h2-5H,13H2,1H3,(H,14,15,16). The van der Waals surface area contributed by atoms with Crippen LogP contribution in [-0.4, -0.2) is 10.9 Å². The van der Waals surface area contributed by atoms with Gasteiger partial charge in [0.25, 0.3) is 5.91 Å². The molecule has 0 atom stereocenters. The monoisotopic (exact) mass is 295 g/mol. The number of amides is 1. The van der Waals surface area contributed by atoms with Crippen LogP contribution in [0.1, 0.15) is 15.9 Å². The van der Waals surface area contributed by atoms with Crippen LogP contribution in [0.25, 0.3) is 0 Å². The SMILES string of the molecule is Cc1cc(NC(=O)c2ccoc2Br)ncc1N. The fraction of sp³-hybridized carbons (Fsp3) is 0.0909. The van der Waals surface area contributed by atoms with Gasteiger partial charge in [-0.1, -0.05) is 0 Å². The number of nitrogens with two attached hydrogens (primary N) is 1. The van der Waals surface area contributed by atoms with Crippen LogP contribution in [-0.2, 0) is 0 Å². The van der Waals surface area contributed by atoms with Crippen molar-refractivity contribution in [1.29, 1.82) is 0 Å². The number of aromatic nitrogens is 1. The lowest BCUT2D eigenvalue weighted by molar-refractivity contribution is 0.102. The van der Waals surface area contributed by atoms with E-state index in [9.17, 15) is 4.79 Å². The summed E-state index contributed by atoms with van der Waals surface area (Å²) in [4.78, 5) is 15.8. The molecule has 0 aliphatic rings. The van der Waals surface area contributed by atoms with Crippen LogP contribution in [0.4, 0.5) is 11.5 Å². The van der Waals surface area contributed by atoms with E-state index in [0.717, 1.165) is 5.56 Å². The van der Waals surface area contributed by atoms with E-state index in [1.54, 1.807) is 12.1 Å². The molecule has 0 unspecified atom stereocenters. The third kappa shape index (κ3) is 2.47. The molecule has 17 heavy (non-hydrogen) atoms. The van der Waals surface area contributed by atoms with Crippen LogP contribution >= 0.6 is 15.9 Å². The van der Waals surface area contributed by atoms with Crippen LogP contribution in [0.5, 0.6) is 0 Å². The minimum absolute atomic E-state index is 0.290. The van der Waals surface area contributed by atoms with Gasteiger partial charge in [-0.05, 0) is 40.5 Å². The largest absolute Gasteiger partial charge is 0.457 e. The number of nitrogens with one attached hydrogen (secondary N) is 1. The number of furan rings is 1. The molecule has 0 radical (unpaired) electrons. The molecule has 0 spiro atoms. The molecule has 2 rings (SSSR count). The normalized spacial score (nSPS) is 10.2. The Kier molecular flexibility index (Phi) is 3.14. The van der Waals surface area contributed by atoms with Gasteiger partial charge in [0, 0.05) is 0 Å². The lowest BCUT2D eigenvalue weighted by Gasteiger charge is -2.05. The van der Waals surface area contributed by atoms with Crippen LogP contribution in [0, 0.1) is 6.92 Å². The molecule has 0 aliphatic heterocycles. The summed E-state index contributed by atoms with van der Waals surface area (Å²) in [7, 11) is 0. The minimum atomic E-state index is -0.290. The highest BCUT2D eigenvalue weighted by molar-refractivity contribution is 9.10. The Bertz CT molecular complexity index is 566. The first-order valence-corrected chi connectivity index (χ1v) is 5.63. The maximum atomic E-state index is 11.8. The summed E-state index contributed by atoms with van der Waals surface area (Å²) in [6.45, 7) is 1.85. The van der Waals surface area contributed by atoms with Gasteiger partial charge in [0.2, 0.25) is 0 Å². The topological polar surface area (TPSA) is 81.2 Å². The van der Waals surface area contributed by atoms with Crippen LogP contribution in [0.3, 0.4) is 0 Å². The number of nitrogen functional groups attached to an aromatic ring is 1. The second-order valence-corrected chi connectivity index (χ2v) is 4.21. The molecule has 0 aromatic carbocycles. The van der Waals surface area contributed by atoms with Crippen molar-refractivity contribution in [3.05, 3.63) is 40.4 Å². The average Bonchev–Trinajstić information content (AvgIpc) is 2.70. The predicted octanol–water partition coefficient (Wildman–Crippen LogP) is 2.58. The zero-order valence-electron chi connectivity index (χ0n) is 9.03. The van der Waals surface area contributed by atoms with E-state index >= 15 is 0 Å². The van der Waals surface area contributed by atoms with Crippen molar-refractivity contribution < 1.29 is 9.21 Å². The summed E-state index contributed by atoms with van der Waals surface area (Å²) < 4.78 is 5.37. The molecule has 3 N–H and O–H groups in total. The fourth-order valence-electron chi connectivity index (χ4n) is 1.27. The van der Waals surface area contributed by atoms with Gasteiger partial charge in [-0.25, -0.2) is 4.98 Å². The highest BCUT2D eigenvalue weighted by Gasteiger charge is 2.13. The molecule has 0 bridgehead atoms. The number of hydrogen-bond donors (Lipinski definition) is 2. The first kappa shape index (κ1) is 11.7. The average molecular weight is 296 g/mol. The number of aryl methyl sites for hydroxylation is 1. The fourth-order valence-corrected chi connectivity index (χ4v) is 1.69. The van der Waals surface area contributed by atoms with Crippen molar-refractivity contribution in [1.82, 2.24) is 4.98 Å². The molecular formula is C11H10BrN3O2. The second-order valence-electron chi connectivity index (χ2n) is 3.49. The molecule has 1 amide bonds. The maximum Gasteiger partial charge on any atom is 0.261 e. The van der Waals surface area contributed by atoms with Crippen LogP contribution in [0.2, 0.25) is 0 Å². The quantitative estimate of drug-likeness (QED) is 0.892. The molecule has 88 valence electrons. The summed E-state index contributed by atoms with van der Waals surface area (Å²) in [5.41, 5.74) is 7.51. The van der Waals surface area contributed by atoms with Gasteiger partial charge in [0.05, 0.1) is 23.7 Å². The van der Waals surface area contributed by atoms with Gasteiger partial charge < -0.3 is 15.5 Å². The number of carbonyl (C=O) groups is 1. The molecule has 0 aliphatic carbocycles. The highest BCUT2D eigenvalue weighted by Crippen LogP contribution is 2.19. The van der Waals surface area contributed by atoms with E-state index in [1.165, 1.54) is 12.5 Å². The van der Waals surface area contributed by atoms with E-state index in [0.29, 0.717) is 21.7 Å². The van der Waals surface area contributed by atoms with Crippen molar-refractivity contribution in [2.45, 2.75) is 6.92 Å². The molecule has 2 heterocycles. The third-order valence-corrected chi connectivity index (χ3v) is 2.87. The third-order valence-electron chi connectivity index (χ3n) is 2.26. The zero-order valence-corrected chi connectivity index (χ0v) is 10.6. The summed E-state index contributed by atoms with van der Waals surface area (Å²) in [6, 6.07) is 3.28. The Balaban J connectivity index is 2.19. The molecule has 0 fully saturated rings. The van der Waals surface area contributed by atoms with Gasteiger partial charge >= 0.3 is 0 Å². The summed E-state index contributed by atoms with van der Waals surface area (Å²) in [5, 5.41) is 2.66. The Morgan fingerprint density at radius 1 is 1.59 bits per heavy atom. The molecule has 2 aromatic rings. The van der Waals surface area contributed by atoms with Crippen LogP contribution in [0.15, 0.2) is 33.7 Å². The molecular weight excluding hydrogens is 286 g/mol. The van der Waals surface area contributed by atoms with Crippen molar-refractivity contribution in [3.63, 3.8) is 0 Å². The van der Waals surface area contributed by atoms with E-state index in [-0.39, 0.29) is 5.91 Å². The number of halogens is 1. The number of nitrogens with zero attached hydrogens (tertiary/aromatic N) is 1. The lowest BCUT2D eigenvalue weighted by Crippen LogP contribution is -2.13. The molecule has 0 saturated heterocycles. The van der Waals surface area contributed by atoms with Gasteiger partial charge in [0.1, 0.15) is 5.82 Å². The summed E-state index contributed by atoms with van der Waals surface area (Å²) in [5.74, 6) is 0.164. The first-order chi connectivity index (χ1) is 8.08. The van der Waals surface area contributed by atoms with Crippen molar-refractivity contribution >= 4 is 33.3 Å². The van der Waals surface area contributed by atoms with E-state index in [4.69, 9.17) is 10.2 Å². The molecule has 6 heteroatoms. The second kappa shape index (κ2) is 4.58. The summed E-state index contributed by atoms with van der Waals surface area (Å²) >= 11 is 3.14. The number of hydrogen-bond acceptors (Lipinski definition) is 4. The van der Waals surface area contributed by atoms with Crippen LogP contribution < -0.4 is 11.1 Å². The summed E-state index contributed by atoms with van der Waals surface area (Å²) in [6.07, 6.45) is 2.94. The molecule has 2 aromatic heterocycles. The predicted molar refractivity (Wildman–Crippen MR) is 67.7 cm³/mol. The van der Waals surface area contributed by atoms with Crippen molar-refractivity contribution in [2.75, 3.05) is 11.1 Å².